The number of benzene rings is 1. The van der Waals surface area contributed by atoms with Crippen molar-refractivity contribution in [3.63, 3.8) is 0 Å². The molecule has 1 aromatic rings. The fraction of sp³-hybridized carbons (Fsp3) is 0.625. The van der Waals surface area contributed by atoms with Crippen LogP contribution in [0.15, 0.2) is 41.0 Å². The maximum Gasteiger partial charge on any atom is 0.234 e. The Bertz CT molecular complexity index is 1070. The van der Waals surface area contributed by atoms with Gasteiger partial charge < -0.3 is 15.3 Å². The van der Waals surface area contributed by atoms with E-state index in [4.69, 9.17) is 0 Å². The van der Waals surface area contributed by atoms with Gasteiger partial charge in [0.05, 0.1) is 24.5 Å². The molecule has 3 N–H and O–H groups in total. The predicted octanol–water partition coefficient (Wildman–Crippen LogP) is 5.62. The van der Waals surface area contributed by atoms with Crippen molar-refractivity contribution in [2.75, 3.05) is 6.61 Å². The zero-order chi connectivity index (χ0) is 27.4. The van der Waals surface area contributed by atoms with Crippen molar-refractivity contribution in [1.29, 1.82) is 0 Å². The van der Waals surface area contributed by atoms with Crippen LogP contribution in [-0.4, -0.2) is 50.8 Å². The van der Waals surface area contributed by atoms with Crippen LogP contribution in [0.3, 0.4) is 0 Å². The van der Waals surface area contributed by atoms with Gasteiger partial charge in [0.2, 0.25) is 11.8 Å². The molecule has 4 atom stereocenters. The lowest BCUT2D eigenvalue weighted by Crippen LogP contribution is -2.42. The fourth-order valence-electron chi connectivity index (χ4n) is 7.09. The molecule has 4 rings (SSSR count). The smallest absolute Gasteiger partial charge is 0.234 e. The molecule has 2 fully saturated rings. The molecule has 1 aromatic carbocycles. The minimum atomic E-state index is -0.790. The maximum atomic E-state index is 13.7. The van der Waals surface area contributed by atoms with Crippen molar-refractivity contribution in [2.45, 2.75) is 97.1 Å². The number of phenols is 1. The van der Waals surface area contributed by atoms with Gasteiger partial charge in [-0.15, -0.1) is 0 Å². The quantitative estimate of drug-likeness (QED) is 0.273. The predicted molar refractivity (Wildman–Crippen MR) is 149 cm³/mol. The van der Waals surface area contributed by atoms with Gasteiger partial charge >= 0.3 is 0 Å². The molecule has 6 heteroatoms. The van der Waals surface area contributed by atoms with Gasteiger partial charge in [-0.3, -0.25) is 14.5 Å². The Hall–Kier alpha value is -2.44. The second-order valence-corrected chi connectivity index (χ2v) is 11.8. The van der Waals surface area contributed by atoms with Gasteiger partial charge in [0.1, 0.15) is 5.75 Å². The van der Waals surface area contributed by atoms with Crippen LogP contribution in [0.4, 0.5) is 0 Å². The van der Waals surface area contributed by atoms with Crippen LogP contribution in [0, 0.1) is 23.7 Å². The number of carbonyl (C=O) groups excluding carboxylic acids is 2. The summed E-state index contributed by atoms with van der Waals surface area (Å²) in [6.45, 7) is 6.01. The van der Waals surface area contributed by atoms with E-state index in [1.807, 2.05) is 12.1 Å². The number of allylic oxidation sites excluding steroid dienone is 2. The molecule has 0 bridgehead atoms. The van der Waals surface area contributed by atoms with Gasteiger partial charge in [-0.2, -0.15) is 0 Å². The molecule has 1 saturated heterocycles. The van der Waals surface area contributed by atoms with Gasteiger partial charge in [-0.25, -0.2) is 0 Å². The molecular formula is C32H45NO5. The highest BCUT2D eigenvalue weighted by Crippen LogP contribution is 2.49. The number of aliphatic hydroxyl groups excluding tert-OH is 2. The van der Waals surface area contributed by atoms with Crippen LogP contribution in [0.2, 0.25) is 0 Å². The standard InChI is InChI=1S/C32H45NO5/c1-4-9-21(16-22-10-8-13-24(35)17-22)14-15-28(36)29-25(20(2)3)18-26-30(27(29)19-34)32(38)33(31(26)37)23-11-6-5-7-12-23/h8,10,13,16-17,20,23,26-28,30,34-36H,4-7,9,11-12,14-15,18-19H2,1-3H3/b21-16+/t26-,27+,28-,30-/m1/s1. The Kier molecular flexibility index (Phi) is 9.48. The molecular weight excluding hydrogens is 478 g/mol. The number of aromatic hydroxyl groups is 1. The van der Waals surface area contributed by atoms with Crippen molar-refractivity contribution in [2.24, 2.45) is 23.7 Å². The number of hydrogen-bond donors (Lipinski definition) is 3. The third-order valence-electron chi connectivity index (χ3n) is 8.90. The summed E-state index contributed by atoms with van der Waals surface area (Å²) in [6, 6.07) is 7.13. The fourth-order valence-corrected chi connectivity index (χ4v) is 7.09. The van der Waals surface area contributed by atoms with Crippen molar-refractivity contribution in [3.8, 4) is 5.75 Å². The number of aliphatic hydroxyl groups is 2. The van der Waals surface area contributed by atoms with Crippen LogP contribution in [-0.2, 0) is 9.59 Å². The average Bonchev–Trinajstić information content (AvgIpc) is 3.15. The Morgan fingerprint density at radius 2 is 1.84 bits per heavy atom. The zero-order valence-electron chi connectivity index (χ0n) is 23.2. The number of nitrogens with zero attached hydrogens (tertiary/aromatic N) is 1. The van der Waals surface area contributed by atoms with Gasteiger partial charge in [-0.1, -0.05) is 75.8 Å². The Morgan fingerprint density at radius 3 is 2.47 bits per heavy atom. The Morgan fingerprint density at radius 1 is 1.11 bits per heavy atom. The van der Waals surface area contributed by atoms with Crippen LogP contribution in [0.25, 0.3) is 6.08 Å². The summed E-state index contributed by atoms with van der Waals surface area (Å²) in [5, 5.41) is 32.0. The Labute approximate surface area is 227 Å². The largest absolute Gasteiger partial charge is 0.508 e. The molecule has 6 nitrogen and oxygen atoms in total. The monoisotopic (exact) mass is 523 g/mol. The molecule has 38 heavy (non-hydrogen) atoms. The third kappa shape index (κ3) is 5.91. The van der Waals surface area contributed by atoms with E-state index in [9.17, 15) is 24.9 Å². The van der Waals surface area contributed by atoms with Gasteiger partial charge in [0.15, 0.2) is 0 Å². The third-order valence-corrected chi connectivity index (χ3v) is 8.90. The van der Waals surface area contributed by atoms with Crippen molar-refractivity contribution >= 4 is 17.9 Å². The first-order valence-electron chi connectivity index (χ1n) is 14.6. The lowest BCUT2D eigenvalue weighted by Gasteiger charge is -2.38. The summed E-state index contributed by atoms with van der Waals surface area (Å²) in [5.74, 6) is -1.43. The number of amides is 2. The number of likely N-dealkylation sites (tertiary alicyclic amines) is 1. The number of hydrogen-bond acceptors (Lipinski definition) is 5. The normalized spacial score (nSPS) is 25.9. The van der Waals surface area contributed by atoms with Crippen molar-refractivity contribution < 1.29 is 24.9 Å². The van der Waals surface area contributed by atoms with E-state index in [0.29, 0.717) is 19.3 Å². The number of imide groups is 1. The molecule has 0 spiro atoms. The van der Waals surface area contributed by atoms with Crippen molar-refractivity contribution in [1.82, 2.24) is 4.90 Å². The maximum absolute atomic E-state index is 13.7. The minimum absolute atomic E-state index is 0.0243. The number of phenolic OH excluding ortho intramolecular Hbond substituents is 1. The number of carbonyl (C=O) groups is 2. The first-order chi connectivity index (χ1) is 18.3. The first kappa shape index (κ1) is 28.6. The topological polar surface area (TPSA) is 98.1 Å². The Balaban J connectivity index is 1.58. The zero-order valence-corrected chi connectivity index (χ0v) is 23.2. The molecule has 208 valence electrons. The van der Waals surface area contributed by atoms with Gasteiger partial charge in [0.25, 0.3) is 0 Å². The summed E-state index contributed by atoms with van der Waals surface area (Å²) in [4.78, 5) is 28.8. The molecule has 2 amide bonds. The molecule has 1 heterocycles. The molecule has 2 aliphatic carbocycles. The second-order valence-electron chi connectivity index (χ2n) is 11.8. The average molecular weight is 524 g/mol. The number of fused-ring (bicyclic) bond motifs is 1. The first-order valence-corrected chi connectivity index (χ1v) is 14.6. The van der Waals surface area contributed by atoms with Gasteiger partial charge in [-0.05, 0) is 67.7 Å². The SMILES string of the molecule is CCC/C(=C\c1cccc(O)c1)CC[C@@H](O)C1=C(C(C)C)C[C@H]2C(=O)N(C3CCCCC3)C(=O)[C@H]2[C@H]1CO. The summed E-state index contributed by atoms with van der Waals surface area (Å²) in [5.41, 5.74) is 3.92. The molecule has 0 aromatic heterocycles. The van der Waals surface area contributed by atoms with E-state index >= 15 is 0 Å². The highest BCUT2D eigenvalue weighted by molar-refractivity contribution is 6.06. The van der Waals surface area contributed by atoms with Crippen LogP contribution < -0.4 is 0 Å². The van der Waals surface area contributed by atoms with Crippen molar-refractivity contribution in [3.05, 3.63) is 46.5 Å². The summed E-state index contributed by atoms with van der Waals surface area (Å²) in [6.07, 6.45) is 9.74. The molecule has 3 aliphatic rings. The lowest BCUT2D eigenvalue weighted by atomic mass is 9.66. The molecule has 0 unspecified atom stereocenters. The van der Waals surface area contributed by atoms with Gasteiger partial charge in [0, 0.05) is 12.0 Å². The molecule has 0 radical (unpaired) electrons. The van der Waals surface area contributed by atoms with E-state index < -0.39 is 23.9 Å². The lowest BCUT2D eigenvalue weighted by molar-refractivity contribution is -0.143. The molecule has 1 saturated carbocycles. The molecule has 1 aliphatic heterocycles. The van der Waals surface area contributed by atoms with Crippen LogP contribution >= 0.6 is 0 Å². The summed E-state index contributed by atoms with van der Waals surface area (Å²) in [7, 11) is 0. The van der Waals surface area contributed by atoms with Crippen LogP contribution in [0.5, 0.6) is 5.75 Å². The highest BCUT2D eigenvalue weighted by atomic mass is 16.3. The number of rotatable bonds is 10. The van der Waals surface area contributed by atoms with E-state index in [1.165, 1.54) is 5.57 Å². The van der Waals surface area contributed by atoms with Crippen LogP contribution in [0.1, 0.15) is 90.5 Å². The second kappa shape index (κ2) is 12.6. The summed E-state index contributed by atoms with van der Waals surface area (Å²) < 4.78 is 0. The van der Waals surface area contributed by atoms with E-state index in [2.05, 4.69) is 26.8 Å². The highest BCUT2D eigenvalue weighted by Gasteiger charge is 2.56. The minimum Gasteiger partial charge on any atom is -0.508 e. The summed E-state index contributed by atoms with van der Waals surface area (Å²) >= 11 is 0. The van der Waals surface area contributed by atoms with E-state index in [0.717, 1.165) is 61.7 Å². The van der Waals surface area contributed by atoms with E-state index in [1.54, 1.807) is 17.0 Å². The van der Waals surface area contributed by atoms with E-state index in [-0.39, 0.29) is 36.1 Å².